The van der Waals surface area contributed by atoms with Crippen LogP contribution in [0.15, 0.2) is 28.9 Å². The smallest absolute Gasteiger partial charge is 0.0798 e. The zero-order valence-corrected chi connectivity index (χ0v) is 10.6. The number of rotatable bonds is 3. The van der Waals surface area contributed by atoms with E-state index in [0.29, 0.717) is 0 Å². The molecule has 0 spiro atoms. The third kappa shape index (κ3) is 1.77. The number of halogens is 1. The van der Waals surface area contributed by atoms with E-state index in [1.165, 1.54) is 5.56 Å². The van der Waals surface area contributed by atoms with Gasteiger partial charge in [0.05, 0.1) is 19.3 Å². The lowest BCUT2D eigenvalue weighted by Crippen LogP contribution is -2.16. The molecule has 1 aromatic heterocycles. The van der Waals surface area contributed by atoms with Crippen LogP contribution in [0.2, 0.25) is 0 Å². The molecule has 0 unspecified atom stereocenters. The minimum absolute atomic E-state index is 0.0601. The molecule has 86 valence electrons. The number of aryl methyl sites for hydroxylation is 1. The summed E-state index contributed by atoms with van der Waals surface area (Å²) in [6.45, 7) is 1.93. The van der Waals surface area contributed by atoms with Crippen LogP contribution in [0.1, 0.15) is 11.6 Å². The number of aliphatic hydroxyl groups is 2. The Balaban J connectivity index is 2.61. The maximum absolute atomic E-state index is 9.19. The maximum Gasteiger partial charge on any atom is 0.0798 e. The second kappa shape index (κ2) is 4.57. The molecular weight excluding hydrogens is 270 g/mol. The van der Waals surface area contributed by atoms with Gasteiger partial charge in [-0.05, 0) is 30.7 Å². The lowest BCUT2D eigenvalue weighted by atomic mass is 10.1. The van der Waals surface area contributed by atoms with Crippen molar-refractivity contribution in [2.45, 2.75) is 13.0 Å². The molecule has 0 amide bonds. The van der Waals surface area contributed by atoms with Crippen molar-refractivity contribution in [3.8, 4) is 0 Å². The van der Waals surface area contributed by atoms with Gasteiger partial charge in [-0.3, -0.25) is 0 Å². The van der Waals surface area contributed by atoms with Gasteiger partial charge < -0.3 is 14.8 Å². The van der Waals surface area contributed by atoms with E-state index >= 15 is 0 Å². The average Bonchev–Trinajstić information content (AvgIpc) is 2.70. The molecule has 2 rings (SSSR count). The molecule has 4 heteroatoms. The fraction of sp³-hybridized carbons (Fsp3) is 0.333. The largest absolute Gasteiger partial charge is 0.394 e. The predicted octanol–water partition coefficient (Wildman–Crippen LogP) is 2.24. The van der Waals surface area contributed by atoms with Gasteiger partial charge in [0, 0.05) is 21.6 Å². The first-order valence-corrected chi connectivity index (χ1v) is 5.95. The molecule has 0 aliphatic rings. The van der Waals surface area contributed by atoms with Crippen molar-refractivity contribution >= 4 is 26.8 Å². The third-order valence-electron chi connectivity index (χ3n) is 2.92. The van der Waals surface area contributed by atoms with Crippen LogP contribution in [0.5, 0.6) is 0 Å². The van der Waals surface area contributed by atoms with E-state index < -0.39 is 0 Å². The van der Waals surface area contributed by atoms with Gasteiger partial charge in [0.15, 0.2) is 0 Å². The molecule has 1 aromatic carbocycles. The van der Waals surface area contributed by atoms with Gasteiger partial charge >= 0.3 is 0 Å². The number of hydrogen-bond donors (Lipinski definition) is 2. The van der Waals surface area contributed by atoms with Crippen LogP contribution in [0, 0.1) is 6.92 Å². The lowest BCUT2D eigenvalue weighted by Gasteiger charge is -2.15. The van der Waals surface area contributed by atoms with Crippen molar-refractivity contribution in [3.63, 3.8) is 0 Å². The van der Waals surface area contributed by atoms with Crippen molar-refractivity contribution in [1.82, 2.24) is 4.57 Å². The molecule has 0 fully saturated rings. The van der Waals surface area contributed by atoms with Gasteiger partial charge in [-0.1, -0.05) is 15.9 Å². The van der Waals surface area contributed by atoms with Crippen LogP contribution in [0.25, 0.3) is 10.9 Å². The number of benzene rings is 1. The second-order valence-electron chi connectivity index (χ2n) is 3.85. The van der Waals surface area contributed by atoms with Crippen LogP contribution in [-0.2, 0) is 0 Å². The predicted molar refractivity (Wildman–Crippen MR) is 67.6 cm³/mol. The Morgan fingerprint density at radius 2 is 1.94 bits per heavy atom. The summed E-state index contributed by atoms with van der Waals surface area (Å²) in [6.07, 6.45) is 1.90. The Bertz CT molecular complexity index is 503. The monoisotopic (exact) mass is 283 g/mol. The number of aliphatic hydroxyl groups excluding tert-OH is 2. The summed E-state index contributed by atoms with van der Waals surface area (Å²) in [4.78, 5) is 0. The fourth-order valence-electron chi connectivity index (χ4n) is 1.91. The molecule has 2 N–H and O–H groups in total. The summed E-state index contributed by atoms with van der Waals surface area (Å²) >= 11 is 3.49. The van der Waals surface area contributed by atoms with Crippen molar-refractivity contribution < 1.29 is 10.2 Å². The van der Waals surface area contributed by atoms with Crippen LogP contribution >= 0.6 is 15.9 Å². The van der Waals surface area contributed by atoms with Crippen LogP contribution in [-0.4, -0.2) is 28.0 Å². The van der Waals surface area contributed by atoms with E-state index in [9.17, 15) is 10.2 Å². The van der Waals surface area contributed by atoms with Crippen molar-refractivity contribution in [1.29, 1.82) is 0 Å². The van der Waals surface area contributed by atoms with Crippen molar-refractivity contribution in [2.24, 2.45) is 0 Å². The van der Waals surface area contributed by atoms with Crippen molar-refractivity contribution in [3.05, 3.63) is 34.4 Å². The van der Waals surface area contributed by atoms with Crippen LogP contribution in [0.4, 0.5) is 0 Å². The highest BCUT2D eigenvalue weighted by molar-refractivity contribution is 9.10. The number of nitrogens with zero attached hydrogens (tertiary/aromatic N) is 1. The highest BCUT2D eigenvalue weighted by Gasteiger charge is 2.12. The van der Waals surface area contributed by atoms with E-state index in [2.05, 4.69) is 15.9 Å². The van der Waals surface area contributed by atoms with Gasteiger partial charge in [0.1, 0.15) is 0 Å². The van der Waals surface area contributed by atoms with E-state index in [-0.39, 0.29) is 19.3 Å². The molecule has 0 bridgehead atoms. The minimum Gasteiger partial charge on any atom is -0.394 e. The van der Waals surface area contributed by atoms with Crippen LogP contribution < -0.4 is 0 Å². The summed E-state index contributed by atoms with van der Waals surface area (Å²) in [5, 5.41) is 19.5. The first-order chi connectivity index (χ1) is 7.69. The molecule has 2 aromatic rings. The number of aromatic nitrogens is 1. The Morgan fingerprint density at radius 1 is 1.25 bits per heavy atom. The Morgan fingerprint density at radius 3 is 2.56 bits per heavy atom. The topological polar surface area (TPSA) is 45.4 Å². The number of hydrogen-bond acceptors (Lipinski definition) is 2. The summed E-state index contributed by atoms with van der Waals surface area (Å²) in [7, 11) is 0. The summed E-state index contributed by atoms with van der Waals surface area (Å²) < 4.78 is 2.98. The lowest BCUT2D eigenvalue weighted by molar-refractivity contribution is 0.157. The summed E-state index contributed by atoms with van der Waals surface area (Å²) in [5.74, 6) is 0. The molecule has 0 saturated heterocycles. The Kier molecular flexibility index (Phi) is 3.33. The second-order valence-corrected chi connectivity index (χ2v) is 4.70. The van der Waals surface area contributed by atoms with Gasteiger partial charge in [-0.15, -0.1) is 0 Å². The zero-order chi connectivity index (χ0) is 11.7. The Hall–Kier alpha value is -0.840. The molecule has 0 aliphatic heterocycles. The highest BCUT2D eigenvalue weighted by atomic mass is 79.9. The first-order valence-electron chi connectivity index (χ1n) is 5.16. The summed E-state index contributed by atoms with van der Waals surface area (Å²) in [5.41, 5.74) is 2.21. The van der Waals surface area contributed by atoms with Gasteiger partial charge in [0.25, 0.3) is 0 Å². The summed E-state index contributed by atoms with van der Waals surface area (Å²) in [6, 6.07) is 5.72. The van der Waals surface area contributed by atoms with E-state index in [1.807, 2.05) is 35.9 Å². The van der Waals surface area contributed by atoms with Crippen molar-refractivity contribution in [2.75, 3.05) is 13.2 Å². The molecular formula is C12H14BrNO2. The Labute approximate surface area is 102 Å². The average molecular weight is 284 g/mol. The quantitative estimate of drug-likeness (QED) is 0.908. The van der Waals surface area contributed by atoms with Gasteiger partial charge in [-0.2, -0.15) is 0 Å². The molecule has 0 radical (unpaired) electrons. The third-order valence-corrected chi connectivity index (χ3v) is 3.78. The minimum atomic E-state index is -0.266. The molecule has 0 atom stereocenters. The first kappa shape index (κ1) is 11.6. The molecule has 0 aliphatic carbocycles. The normalized spacial score (nSPS) is 11.6. The molecule has 0 saturated carbocycles. The highest BCUT2D eigenvalue weighted by Crippen LogP contribution is 2.28. The molecule has 3 nitrogen and oxygen atoms in total. The fourth-order valence-corrected chi connectivity index (χ4v) is 2.26. The van der Waals surface area contributed by atoms with E-state index in [0.717, 1.165) is 15.4 Å². The van der Waals surface area contributed by atoms with E-state index in [4.69, 9.17) is 0 Å². The molecule has 16 heavy (non-hydrogen) atoms. The SMILES string of the molecule is Cc1c(Br)ccc2c1ccn2C(CO)CO. The number of fused-ring (bicyclic) bond motifs is 1. The zero-order valence-electron chi connectivity index (χ0n) is 9.02. The van der Waals surface area contributed by atoms with Gasteiger partial charge in [0.2, 0.25) is 0 Å². The standard InChI is InChI=1S/C12H14BrNO2/c1-8-10-4-5-14(9(6-15)7-16)12(10)3-2-11(8)13/h2-5,9,15-16H,6-7H2,1H3. The van der Waals surface area contributed by atoms with Crippen LogP contribution in [0.3, 0.4) is 0 Å². The van der Waals surface area contributed by atoms with Gasteiger partial charge in [-0.25, -0.2) is 0 Å². The van der Waals surface area contributed by atoms with E-state index in [1.54, 1.807) is 0 Å². The molecule has 1 heterocycles. The maximum atomic E-state index is 9.19.